The smallest absolute Gasteiger partial charge is 0.123 e. The molecule has 0 N–H and O–H groups in total. The minimum atomic E-state index is 0.0933. The average molecular weight is 198 g/mol. The molecule has 0 unspecified atom stereocenters. The number of rotatable bonds is 3. The van der Waals surface area contributed by atoms with Gasteiger partial charge in [-0.1, -0.05) is 49.4 Å². The molecule has 2 aromatic carbocycles. The van der Waals surface area contributed by atoms with Crippen molar-refractivity contribution in [2.45, 2.75) is 13.3 Å². The molecule has 0 spiro atoms. The van der Waals surface area contributed by atoms with Crippen molar-refractivity contribution in [2.24, 2.45) is 5.92 Å². The van der Waals surface area contributed by atoms with Gasteiger partial charge in [0.25, 0.3) is 0 Å². The fourth-order valence-electron chi connectivity index (χ4n) is 1.87. The molecule has 0 amide bonds. The number of hydrogen-bond donors (Lipinski definition) is 0. The second-order valence-corrected chi connectivity index (χ2v) is 3.96. The Morgan fingerprint density at radius 3 is 2.67 bits per heavy atom. The Balaban J connectivity index is 2.46. The molecule has 0 fully saturated rings. The van der Waals surface area contributed by atoms with Gasteiger partial charge in [-0.15, -0.1) is 0 Å². The van der Waals surface area contributed by atoms with E-state index in [1.54, 1.807) is 0 Å². The van der Waals surface area contributed by atoms with Crippen molar-refractivity contribution < 1.29 is 4.79 Å². The van der Waals surface area contributed by atoms with Gasteiger partial charge in [0.05, 0.1) is 0 Å². The zero-order valence-corrected chi connectivity index (χ0v) is 8.81. The Kier molecular flexibility index (Phi) is 2.82. The molecule has 2 aromatic rings. The fourth-order valence-corrected chi connectivity index (χ4v) is 1.87. The Morgan fingerprint density at radius 2 is 1.87 bits per heavy atom. The van der Waals surface area contributed by atoms with Gasteiger partial charge < -0.3 is 4.79 Å². The van der Waals surface area contributed by atoms with Gasteiger partial charge in [0.1, 0.15) is 6.29 Å². The lowest BCUT2D eigenvalue weighted by Gasteiger charge is -2.07. The molecule has 76 valence electrons. The van der Waals surface area contributed by atoms with E-state index in [2.05, 4.69) is 30.3 Å². The Hall–Kier alpha value is -1.63. The lowest BCUT2D eigenvalue weighted by molar-refractivity contribution is -0.110. The third kappa shape index (κ3) is 2.07. The highest BCUT2D eigenvalue weighted by atomic mass is 16.1. The van der Waals surface area contributed by atoms with Crippen LogP contribution in [0.3, 0.4) is 0 Å². The van der Waals surface area contributed by atoms with Crippen molar-refractivity contribution in [1.82, 2.24) is 0 Å². The molecule has 0 saturated heterocycles. The predicted octanol–water partition coefficient (Wildman–Crippen LogP) is 3.22. The molecule has 0 heterocycles. The quantitative estimate of drug-likeness (QED) is 0.692. The van der Waals surface area contributed by atoms with Crippen LogP contribution < -0.4 is 0 Å². The van der Waals surface area contributed by atoms with Crippen molar-refractivity contribution in [3.05, 3.63) is 48.0 Å². The summed E-state index contributed by atoms with van der Waals surface area (Å²) in [5.41, 5.74) is 1.26. The number of benzene rings is 2. The summed E-state index contributed by atoms with van der Waals surface area (Å²) in [7, 11) is 0. The van der Waals surface area contributed by atoms with Crippen molar-refractivity contribution in [3.8, 4) is 0 Å². The number of carbonyl (C=O) groups excluding carboxylic acids is 1. The molecule has 2 rings (SSSR count). The second kappa shape index (κ2) is 4.26. The average Bonchev–Trinajstić information content (AvgIpc) is 2.29. The number of aldehydes is 1. The van der Waals surface area contributed by atoms with Crippen molar-refractivity contribution in [2.75, 3.05) is 0 Å². The van der Waals surface area contributed by atoms with Gasteiger partial charge in [0, 0.05) is 5.92 Å². The summed E-state index contributed by atoms with van der Waals surface area (Å²) in [5.74, 6) is 0.0933. The van der Waals surface area contributed by atoms with E-state index in [0.29, 0.717) is 0 Å². The standard InChI is InChI=1S/C14H14O/c1-11(10-15)9-13-7-4-6-12-5-2-3-8-14(12)13/h2-8,10-11H,9H2,1H3/t11-/m0/s1. The summed E-state index contributed by atoms with van der Waals surface area (Å²) < 4.78 is 0. The van der Waals surface area contributed by atoms with Crippen LogP contribution >= 0.6 is 0 Å². The monoisotopic (exact) mass is 198 g/mol. The molecule has 0 radical (unpaired) electrons. The van der Waals surface area contributed by atoms with Crippen LogP contribution in [0, 0.1) is 5.92 Å². The van der Waals surface area contributed by atoms with Crippen molar-refractivity contribution in [1.29, 1.82) is 0 Å². The van der Waals surface area contributed by atoms with Crippen LogP contribution in [0.1, 0.15) is 12.5 Å². The van der Waals surface area contributed by atoms with Gasteiger partial charge in [-0.25, -0.2) is 0 Å². The topological polar surface area (TPSA) is 17.1 Å². The molecule has 1 heteroatoms. The summed E-state index contributed by atoms with van der Waals surface area (Å²) in [5, 5.41) is 2.50. The maximum absolute atomic E-state index is 10.6. The van der Waals surface area contributed by atoms with Crippen LogP contribution in [-0.2, 0) is 11.2 Å². The van der Waals surface area contributed by atoms with Crippen LogP contribution in [0.2, 0.25) is 0 Å². The minimum absolute atomic E-state index is 0.0933. The van der Waals surface area contributed by atoms with Gasteiger partial charge in [-0.3, -0.25) is 0 Å². The van der Waals surface area contributed by atoms with Crippen molar-refractivity contribution >= 4 is 17.1 Å². The molecule has 1 nitrogen and oxygen atoms in total. The first kappa shape index (κ1) is 9.91. The molecule has 0 bridgehead atoms. The van der Waals surface area contributed by atoms with Gasteiger partial charge >= 0.3 is 0 Å². The SMILES string of the molecule is C[C@H](C=O)Cc1cccc2ccccc12. The van der Waals surface area contributed by atoms with Gasteiger partial charge in [0.15, 0.2) is 0 Å². The Morgan fingerprint density at radius 1 is 1.13 bits per heavy atom. The highest BCUT2D eigenvalue weighted by Crippen LogP contribution is 2.20. The molecule has 0 saturated carbocycles. The second-order valence-electron chi connectivity index (χ2n) is 3.96. The summed E-state index contributed by atoms with van der Waals surface area (Å²) in [6, 6.07) is 14.5. The molecule has 15 heavy (non-hydrogen) atoms. The van der Waals surface area contributed by atoms with E-state index in [1.165, 1.54) is 16.3 Å². The highest BCUT2D eigenvalue weighted by molar-refractivity contribution is 5.85. The van der Waals surface area contributed by atoms with E-state index in [4.69, 9.17) is 0 Å². The lowest BCUT2D eigenvalue weighted by atomic mass is 9.97. The maximum Gasteiger partial charge on any atom is 0.123 e. The van der Waals surface area contributed by atoms with Gasteiger partial charge in [-0.05, 0) is 22.8 Å². The summed E-state index contributed by atoms with van der Waals surface area (Å²) in [6.07, 6.45) is 1.84. The molecular formula is C14H14O. The van der Waals surface area contributed by atoms with E-state index in [0.717, 1.165) is 12.7 Å². The third-order valence-electron chi connectivity index (χ3n) is 2.65. The van der Waals surface area contributed by atoms with E-state index in [1.807, 2.05) is 19.1 Å². The van der Waals surface area contributed by atoms with E-state index < -0.39 is 0 Å². The molecule has 0 aromatic heterocycles. The normalized spacial score (nSPS) is 12.6. The molecular weight excluding hydrogens is 184 g/mol. The van der Waals surface area contributed by atoms with Crippen LogP contribution in [0.5, 0.6) is 0 Å². The fraction of sp³-hybridized carbons (Fsp3) is 0.214. The first-order chi connectivity index (χ1) is 7.31. The zero-order valence-electron chi connectivity index (χ0n) is 8.81. The third-order valence-corrected chi connectivity index (χ3v) is 2.65. The molecule has 0 aliphatic heterocycles. The Bertz CT molecular complexity index is 468. The minimum Gasteiger partial charge on any atom is -0.303 e. The predicted molar refractivity (Wildman–Crippen MR) is 62.9 cm³/mol. The first-order valence-electron chi connectivity index (χ1n) is 5.23. The number of carbonyl (C=O) groups is 1. The largest absolute Gasteiger partial charge is 0.303 e. The highest BCUT2D eigenvalue weighted by Gasteiger charge is 2.04. The number of hydrogen-bond acceptors (Lipinski definition) is 1. The number of fused-ring (bicyclic) bond motifs is 1. The van der Waals surface area contributed by atoms with Crippen LogP contribution in [0.4, 0.5) is 0 Å². The molecule has 0 aliphatic carbocycles. The summed E-state index contributed by atoms with van der Waals surface area (Å²) >= 11 is 0. The van der Waals surface area contributed by atoms with Crippen molar-refractivity contribution in [3.63, 3.8) is 0 Å². The van der Waals surface area contributed by atoms with Gasteiger partial charge in [-0.2, -0.15) is 0 Å². The summed E-state index contributed by atoms with van der Waals surface area (Å²) in [4.78, 5) is 10.6. The molecule has 1 atom stereocenters. The zero-order chi connectivity index (χ0) is 10.7. The molecule has 0 aliphatic rings. The first-order valence-corrected chi connectivity index (χ1v) is 5.23. The van der Waals surface area contributed by atoms with E-state index in [9.17, 15) is 4.79 Å². The summed E-state index contributed by atoms with van der Waals surface area (Å²) in [6.45, 7) is 1.95. The lowest BCUT2D eigenvalue weighted by Crippen LogP contribution is -2.00. The van der Waals surface area contributed by atoms with Crippen LogP contribution in [-0.4, -0.2) is 6.29 Å². The van der Waals surface area contributed by atoms with Crippen LogP contribution in [0.25, 0.3) is 10.8 Å². The van der Waals surface area contributed by atoms with Crippen LogP contribution in [0.15, 0.2) is 42.5 Å². The Labute approximate surface area is 89.7 Å². The van der Waals surface area contributed by atoms with E-state index >= 15 is 0 Å². The van der Waals surface area contributed by atoms with Gasteiger partial charge in [0.2, 0.25) is 0 Å². The maximum atomic E-state index is 10.6. The van der Waals surface area contributed by atoms with E-state index in [-0.39, 0.29) is 5.92 Å².